The molecule has 0 unspecified atom stereocenters. The third-order valence-electron chi connectivity index (χ3n) is 6.19. The number of carbonyl (C=O) groups is 3. The number of likely N-dealkylation sites (tertiary alicyclic amines) is 1. The van der Waals surface area contributed by atoms with Crippen LogP contribution in [0.1, 0.15) is 53.6 Å². The zero-order valence-electron chi connectivity index (χ0n) is 19.1. The molecule has 1 N–H and O–H groups in total. The number of halogens is 3. The van der Waals surface area contributed by atoms with Crippen LogP contribution in [0.3, 0.4) is 0 Å². The summed E-state index contributed by atoms with van der Waals surface area (Å²) in [4.78, 5) is 39.0. The normalized spacial score (nSPS) is 18.7. The van der Waals surface area contributed by atoms with Gasteiger partial charge in [0.05, 0.1) is 31.7 Å². The van der Waals surface area contributed by atoms with E-state index in [1.165, 1.54) is 25.3 Å². The highest BCUT2D eigenvalue weighted by Gasteiger charge is 2.39. The Labute approximate surface area is 200 Å². The van der Waals surface area contributed by atoms with Crippen molar-refractivity contribution in [1.82, 2.24) is 10.2 Å². The summed E-state index contributed by atoms with van der Waals surface area (Å²) < 4.78 is 49.6. The Morgan fingerprint density at radius 1 is 1.06 bits per heavy atom. The summed E-state index contributed by atoms with van der Waals surface area (Å²) in [5.41, 5.74) is -0.197. The zero-order chi connectivity index (χ0) is 25.2. The maximum Gasteiger partial charge on any atom is 0.416 e. The molecule has 1 saturated heterocycles. The predicted molar refractivity (Wildman–Crippen MR) is 119 cm³/mol. The summed E-state index contributed by atoms with van der Waals surface area (Å²) >= 11 is 0. The van der Waals surface area contributed by atoms with Crippen molar-refractivity contribution < 1.29 is 37.0 Å². The SMILES string of the molecule is COc1ccc(C(=O)N[C@H]2CC(=O)N(Cc3ccc(C(F)(F)F)cc3)C2=O)cc1OC1CCCC1. The monoisotopic (exact) mass is 490 g/mol. The van der Waals surface area contributed by atoms with E-state index in [2.05, 4.69) is 5.32 Å². The summed E-state index contributed by atoms with van der Waals surface area (Å²) in [7, 11) is 1.50. The highest BCUT2D eigenvalue weighted by molar-refractivity contribution is 6.08. The van der Waals surface area contributed by atoms with Crippen LogP contribution in [0.2, 0.25) is 0 Å². The highest BCUT2D eigenvalue weighted by Crippen LogP contribution is 2.33. The van der Waals surface area contributed by atoms with Crippen LogP contribution < -0.4 is 14.8 Å². The fourth-order valence-corrected chi connectivity index (χ4v) is 4.28. The molecule has 35 heavy (non-hydrogen) atoms. The lowest BCUT2D eigenvalue weighted by atomic mass is 10.1. The van der Waals surface area contributed by atoms with Crippen molar-refractivity contribution in [2.45, 2.75) is 57.0 Å². The average molecular weight is 490 g/mol. The second-order valence-corrected chi connectivity index (χ2v) is 8.63. The molecule has 0 bridgehead atoms. The van der Waals surface area contributed by atoms with Gasteiger partial charge in [0.1, 0.15) is 6.04 Å². The molecule has 7 nitrogen and oxygen atoms in total. The van der Waals surface area contributed by atoms with E-state index in [0.717, 1.165) is 42.7 Å². The highest BCUT2D eigenvalue weighted by atomic mass is 19.4. The number of ether oxygens (including phenoxy) is 2. The van der Waals surface area contributed by atoms with E-state index in [1.54, 1.807) is 12.1 Å². The molecule has 4 rings (SSSR count). The quantitative estimate of drug-likeness (QED) is 0.591. The number of hydrogen-bond donors (Lipinski definition) is 1. The molecule has 0 radical (unpaired) electrons. The zero-order valence-corrected chi connectivity index (χ0v) is 19.1. The van der Waals surface area contributed by atoms with Gasteiger partial charge in [0.25, 0.3) is 11.8 Å². The topological polar surface area (TPSA) is 84.9 Å². The molecule has 3 amide bonds. The van der Waals surface area contributed by atoms with E-state index >= 15 is 0 Å². The minimum atomic E-state index is -4.48. The Balaban J connectivity index is 1.41. The van der Waals surface area contributed by atoms with Crippen molar-refractivity contribution >= 4 is 17.7 Å². The van der Waals surface area contributed by atoms with Gasteiger partial charge in [-0.2, -0.15) is 13.2 Å². The van der Waals surface area contributed by atoms with Gasteiger partial charge in [-0.3, -0.25) is 19.3 Å². The molecule has 2 aliphatic rings. The van der Waals surface area contributed by atoms with Crippen molar-refractivity contribution in [3.05, 3.63) is 59.2 Å². The Hall–Kier alpha value is -3.56. The van der Waals surface area contributed by atoms with Gasteiger partial charge in [0.2, 0.25) is 5.91 Å². The third kappa shape index (κ3) is 5.58. The summed E-state index contributed by atoms with van der Waals surface area (Å²) in [5.74, 6) is -0.751. The summed E-state index contributed by atoms with van der Waals surface area (Å²) in [6, 6.07) is 7.87. The predicted octanol–water partition coefficient (Wildman–Crippen LogP) is 4.09. The molecule has 10 heteroatoms. The molecule has 1 aliphatic carbocycles. The molecule has 1 aliphatic heterocycles. The Kier molecular flexibility index (Phi) is 7.00. The van der Waals surface area contributed by atoms with Crippen LogP contribution in [0, 0.1) is 0 Å². The molecule has 1 saturated carbocycles. The molecule has 0 spiro atoms. The lowest BCUT2D eigenvalue weighted by molar-refractivity contribution is -0.140. The van der Waals surface area contributed by atoms with Gasteiger partial charge >= 0.3 is 6.18 Å². The average Bonchev–Trinajstić information content (AvgIpc) is 3.42. The lowest BCUT2D eigenvalue weighted by Crippen LogP contribution is -2.41. The Bertz CT molecular complexity index is 1110. The van der Waals surface area contributed by atoms with Crippen molar-refractivity contribution in [3.8, 4) is 11.5 Å². The minimum absolute atomic E-state index is 0.0509. The second-order valence-electron chi connectivity index (χ2n) is 8.63. The number of nitrogens with one attached hydrogen (secondary N) is 1. The van der Waals surface area contributed by atoms with Gasteiger partial charge in [-0.1, -0.05) is 12.1 Å². The largest absolute Gasteiger partial charge is 0.493 e. The van der Waals surface area contributed by atoms with Crippen molar-refractivity contribution in [3.63, 3.8) is 0 Å². The van der Waals surface area contributed by atoms with E-state index in [1.807, 2.05) is 0 Å². The molecule has 1 heterocycles. The van der Waals surface area contributed by atoms with Crippen LogP contribution >= 0.6 is 0 Å². The number of hydrogen-bond acceptors (Lipinski definition) is 5. The molecule has 1 atom stereocenters. The first kappa shape index (κ1) is 24.6. The molecular formula is C25H25F3N2O5. The van der Waals surface area contributed by atoms with Crippen LogP contribution in [0.15, 0.2) is 42.5 Å². The maximum absolute atomic E-state index is 12.8. The molecular weight excluding hydrogens is 465 g/mol. The smallest absolute Gasteiger partial charge is 0.416 e. The number of imide groups is 1. The molecule has 2 fully saturated rings. The van der Waals surface area contributed by atoms with Crippen molar-refractivity contribution in [2.75, 3.05) is 7.11 Å². The summed E-state index contributed by atoms with van der Waals surface area (Å²) in [6.45, 7) is -0.177. The number of rotatable bonds is 7. The number of methoxy groups -OCH3 is 1. The first-order chi connectivity index (χ1) is 16.7. The van der Waals surface area contributed by atoms with E-state index < -0.39 is 35.5 Å². The third-order valence-corrected chi connectivity index (χ3v) is 6.19. The Morgan fingerprint density at radius 2 is 1.74 bits per heavy atom. The van der Waals surface area contributed by atoms with Crippen LogP contribution in [-0.2, 0) is 22.3 Å². The van der Waals surface area contributed by atoms with Gasteiger partial charge in [-0.25, -0.2) is 0 Å². The molecule has 0 aromatic heterocycles. The van der Waals surface area contributed by atoms with E-state index in [4.69, 9.17) is 9.47 Å². The number of alkyl halides is 3. The number of amides is 3. The van der Waals surface area contributed by atoms with Gasteiger partial charge in [0, 0.05) is 5.56 Å². The van der Waals surface area contributed by atoms with Gasteiger partial charge in [0.15, 0.2) is 11.5 Å². The van der Waals surface area contributed by atoms with E-state index in [0.29, 0.717) is 17.1 Å². The van der Waals surface area contributed by atoms with E-state index in [-0.39, 0.29) is 24.6 Å². The fourth-order valence-electron chi connectivity index (χ4n) is 4.28. The van der Waals surface area contributed by atoms with E-state index in [9.17, 15) is 27.6 Å². The van der Waals surface area contributed by atoms with Crippen LogP contribution in [0.4, 0.5) is 13.2 Å². The fraction of sp³-hybridized carbons (Fsp3) is 0.400. The lowest BCUT2D eigenvalue weighted by Gasteiger charge is -2.18. The minimum Gasteiger partial charge on any atom is -0.493 e. The molecule has 2 aromatic rings. The number of benzene rings is 2. The first-order valence-corrected chi connectivity index (χ1v) is 11.3. The molecule has 186 valence electrons. The van der Waals surface area contributed by atoms with Crippen LogP contribution in [-0.4, -0.2) is 41.9 Å². The van der Waals surface area contributed by atoms with Gasteiger partial charge in [-0.05, 0) is 61.6 Å². The van der Waals surface area contributed by atoms with Crippen LogP contribution in [0.25, 0.3) is 0 Å². The first-order valence-electron chi connectivity index (χ1n) is 11.3. The summed E-state index contributed by atoms with van der Waals surface area (Å²) in [5, 5.41) is 2.58. The Morgan fingerprint density at radius 3 is 2.37 bits per heavy atom. The van der Waals surface area contributed by atoms with Crippen LogP contribution in [0.5, 0.6) is 11.5 Å². The van der Waals surface area contributed by atoms with Gasteiger partial charge in [-0.15, -0.1) is 0 Å². The van der Waals surface area contributed by atoms with Crippen molar-refractivity contribution in [2.24, 2.45) is 0 Å². The van der Waals surface area contributed by atoms with Gasteiger partial charge < -0.3 is 14.8 Å². The molecule has 2 aromatic carbocycles. The number of carbonyl (C=O) groups excluding carboxylic acids is 3. The summed E-state index contributed by atoms with van der Waals surface area (Å²) in [6.07, 6.45) is -0.652. The second kappa shape index (κ2) is 9.97. The number of nitrogens with zero attached hydrogens (tertiary/aromatic N) is 1. The maximum atomic E-state index is 12.8. The van der Waals surface area contributed by atoms with Crippen molar-refractivity contribution in [1.29, 1.82) is 0 Å². The standard InChI is InChI=1S/C25H25F3N2O5/c1-34-20-11-8-16(12-21(20)35-18-4-2-3-5-18)23(32)29-19-13-22(31)30(24(19)33)14-15-6-9-17(10-7-15)25(26,27)28/h6-12,18-19H,2-5,13-14H2,1H3,(H,29,32)/t19-/m0/s1.